The van der Waals surface area contributed by atoms with Crippen molar-refractivity contribution in [3.8, 4) is 0 Å². The number of carbonyl (C=O) groups excluding carboxylic acids is 1. The number of sulfonamides is 2. The average molecular weight is 481 g/mol. The molecule has 3 aromatic rings. The summed E-state index contributed by atoms with van der Waals surface area (Å²) in [7, 11) is -8.20. The number of benzene rings is 3. The summed E-state index contributed by atoms with van der Waals surface area (Å²) < 4.78 is 58.0. The standard InChI is InChI=1S/C24H20N2O5S2/c1-16-12-13-23(17(2)14-16)33(30,31)25-21-15-22(24(27)20-11-7-6-10-19(20)21)26-32(28,29)18-8-4-3-5-9-18/h3-15,26H,1-2H3/b25-21+. The quantitative estimate of drug-likeness (QED) is 0.601. The molecule has 0 radical (unpaired) electrons. The van der Waals surface area contributed by atoms with Crippen molar-refractivity contribution in [2.75, 3.05) is 0 Å². The van der Waals surface area contributed by atoms with Crippen LogP contribution in [0.1, 0.15) is 27.0 Å². The van der Waals surface area contributed by atoms with Gasteiger partial charge in [-0.05, 0) is 43.7 Å². The number of hydrogen-bond donors (Lipinski definition) is 1. The molecule has 1 N–H and O–H groups in total. The number of nitrogens with one attached hydrogen (secondary N) is 1. The van der Waals surface area contributed by atoms with E-state index in [1.165, 1.54) is 24.3 Å². The van der Waals surface area contributed by atoms with Gasteiger partial charge in [0, 0.05) is 11.1 Å². The van der Waals surface area contributed by atoms with Crippen molar-refractivity contribution in [1.82, 2.24) is 4.72 Å². The minimum absolute atomic E-state index is 0.0288. The molecule has 7 nitrogen and oxygen atoms in total. The normalized spacial score (nSPS) is 15.2. The minimum Gasteiger partial charge on any atom is -0.287 e. The zero-order chi connectivity index (χ0) is 23.8. The smallest absolute Gasteiger partial charge is 0.283 e. The van der Waals surface area contributed by atoms with E-state index in [4.69, 9.17) is 0 Å². The third-order valence-corrected chi connectivity index (χ3v) is 7.93. The van der Waals surface area contributed by atoms with E-state index in [9.17, 15) is 21.6 Å². The van der Waals surface area contributed by atoms with Crippen LogP contribution in [0, 0.1) is 13.8 Å². The van der Waals surface area contributed by atoms with E-state index in [2.05, 4.69) is 9.12 Å². The van der Waals surface area contributed by atoms with Gasteiger partial charge in [-0.25, -0.2) is 8.42 Å². The largest absolute Gasteiger partial charge is 0.287 e. The Morgan fingerprint density at radius 1 is 0.788 bits per heavy atom. The van der Waals surface area contributed by atoms with Gasteiger partial charge in [-0.15, -0.1) is 0 Å². The first kappa shape index (κ1) is 22.6. The molecule has 0 fully saturated rings. The van der Waals surface area contributed by atoms with E-state index < -0.39 is 25.8 Å². The summed E-state index contributed by atoms with van der Waals surface area (Å²) in [6.07, 6.45) is 1.16. The molecule has 3 aromatic carbocycles. The molecule has 4 rings (SSSR count). The van der Waals surface area contributed by atoms with Crippen molar-refractivity contribution in [2.45, 2.75) is 23.6 Å². The van der Waals surface area contributed by atoms with Crippen molar-refractivity contribution >= 4 is 31.5 Å². The van der Waals surface area contributed by atoms with Crippen LogP contribution in [0.2, 0.25) is 0 Å². The second-order valence-electron chi connectivity index (χ2n) is 7.57. The third-order valence-electron chi connectivity index (χ3n) is 5.10. The molecule has 0 atom stereocenters. The summed E-state index contributed by atoms with van der Waals surface area (Å²) in [6.45, 7) is 3.53. The van der Waals surface area contributed by atoms with E-state index in [0.29, 0.717) is 11.1 Å². The number of carbonyl (C=O) groups is 1. The van der Waals surface area contributed by atoms with E-state index >= 15 is 0 Å². The molecule has 33 heavy (non-hydrogen) atoms. The number of nitrogens with zero attached hydrogens (tertiary/aromatic N) is 1. The van der Waals surface area contributed by atoms with Crippen LogP contribution in [0.5, 0.6) is 0 Å². The van der Waals surface area contributed by atoms with Crippen molar-refractivity contribution in [3.63, 3.8) is 0 Å². The molecule has 0 aliphatic heterocycles. The molecule has 168 valence electrons. The topological polar surface area (TPSA) is 110 Å². The molecule has 0 saturated heterocycles. The van der Waals surface area contributed by atoms with Gasteiger partial charge >= 0.3 is 0 Å². The van der Waals surface area contributed by atoms with Gasteiger partial charge in [-0.1, -0.05) is 60.2 Å². The van der Waals surface area contributed by atoms with Gasteiger partial charge in [0.1, 0.15) is 0 Å². The van der Waals surface area contributed by atoms with Crippen molar-refractivity contribution < 1.29 is 21.6 Å². The number of ketones is 1. The lowest BCUT2D eigenvalue weighted by atomic mass is 9.93. The molecule has 0 amide bonds. The molecule has 0 aromatic heterocycles. The summed E-state index contributed by atoms with van der Waals surface area (Å²) in [6, 6.07) is 18.8. The van der Waals surface area contributed by atoms with Crippen LogP contribution in [0.3, 0.4) is 0 Å². The van der Waals surface area contributed by atoms with Gasteiger partial charge in [-0.2, -0.15) is 12.8 Å². The second kappa shape index (κ2) is 8.42. The van der Waals surface area contributed by atoms with Gasteiger partial charge in [0.05, 0.1) is 21.2 Å². The summed E-state index contributed by atoms with van der Waals surface area (Å²) in [5.41, 5.74) is 1.58. The molecule has 0 bridgehead atoms. The number of Topliss-reactive ketones (excluding diaryl/α,β-unsaturated/α-hetero) is 1. The zero-order valence-electron chi connectivity index (χ0n) is 17.8. The van der Waals surface area contributed by atoms with E-state index in [-0.39, 0.29) is 26.8 Å². The lowest BCUT2D eigenvalue weighted by Crippen LogP contribution is -2.31. The fourth-order valence-electron chi connectivity index (χ4n) is 3.55. The third kappa shape index (κ3) is 4.50. The lowest BCUT2D eigenvalue weighted by molar-refractivity contribution is 0.102. The lowest BCUT2D eigenvalue weighted by Gasteiger charge is -2.19. The van der Waals surface area contributed by atoms with Crippen LogP contribution in [-0.4, -0.2) is 28.3 Å². The molecule has 1 aliphatic rings. The van der Waals surface area contributed by atoms with Crippen molar-refractivity contribution in [2.24, 2.45) is 4.40 Å². The van der Waals surface area contributed by atoms with Gasteiger partial charge < -0.3 is 0 Å². The molecular formula is C24H20N2O5S2. The van der Waals surface area contributed by atoms with E-state index in [0.717, 1.165) is 11.6 Å². The highest BCUT2D eigenvalue weighted by Gasteiger charge is 2.29. The monoisotopic (exact) mass is 480 g/mol. The highest BCUT2D eigenvalue weighted by molar-refractivity contribution is 7.90. The Bertz CT molecular complexity index is 1540. The Labute approximate surface area is 192 Å². The molecule has 0 unspecified atom stereocenters. The molecule has 0 spiro atoms. The summed E-state index contributed by atoms with van der Waals surface area (Å²) >= 11 is 0. The summed E-state index contributed by atoms with van der Waals surface area (Å²) in [5.74, 6) is -0.576. The predicted octanol–water partition coefficient (Wildman–Crippen LogP) is 3.54. The number of allylic oxidation sites excluding steroid dienone is 2. The maximum atomic E-state index is 13.1. The number of aryl methyl sites for hydroxylation is 2. The van der Waals surface area contributed by atoms with Crippen LogP contribution in [0.25, 0.3) is 0 Å². The zero-order valence-corrected chi connectivity index (χ0v) is 19.4. The van der Waals surface area contributed by atoms with Gasteiger partial charge in [0.25, 0.3) is 20.0 Å². The fourth-order valence-corrected chi connectivity index (χ4v) is 5.84. The maximum Gasteiger partial charge on any atom is 0.283 e. The van der Waals surface area contributed by atoms with Gasteiger partial charge in [0.15, 0.2) is 0 Å². The predicted molar refractivity (Wildman–Crippen MR) is 125 cm³/mol. The summed E-state index contributed by atoms with van der Waals surface area (Å²) in [5, 5.41) is 0. The van der Waals surface area contributed by atoms with E-state index in [1.807, 2.05) is 6.92 Å². The minimum atomic E-state index is -4.13. The highest BCUT2D eigenvalue weighted by Crippen LogP contribution is 2.25. The first-order valence-corrected chi connectivity index (χ1v) is 12.9. The van der Waals surface area contributed by atoms with Crippen LogP contribution >= 0.6 is 0 Å². The second-order valence-corrected chi connectivity index (χ2v) is 10.8. The number of hydrogen-bond acceptors (Lipinski definition) is 5. The van der Waals surface area contributed by atoms with Crippen LogP contribution in [-0.2, 0) is 20.0 Å². The maximum absolute atomic E-state index is 13.1. The Kier molecular flexibility index (Phi) is 5.77. The average Bonchev–Trinajstić information content (AvgIpc) is 2.77. The molecule has 0 heterocycles. The molecule has 1 aliphatic carbocycles. The molecular weight excluding hydrogens is 460 g/mol. The van der Waals surface area contributed by atoms with Crippen molar-refractivity contribution in [1.29, 1.82) is 0 Å². The van der Waals surface area contributed by atoms with Gasteiger partial charge in [0.2, 0.25) is 5.78 Å². The molecule has 9 heteroatoms. The van der Waals surface area contributed by atoms with Crippen molar-refractivity contribution in [3.05, 3.63) is 107 Å². The number of rotatable bonds is 5. The first-order chi connectivity index (χ1) is 15.6. The first-order valence-electron chi connectivity index (χ1n) is 9.94. The number of fused-ring (bicyclic) bond motifs is 1. The Balaban J connectivity index is 1.84. The Morgan fingerprint density at radius 3 is 2.09 bits per heavy atom. The van der Waals surface area contributed by atoms with Crippen LogP contribution < -0.4 is 4.72 Å². The highest BCUT2D eigenvalue weighted by atomic mass is 32.2. The molecule has 0 saturated carbocycles. The Morgan fingerprint density at radius 2 is 1.42 bits per heavy atom. The summed E-state index contributed by atoms with van der Waals surface area (Å²) in [4.78, 5) is 13.0. The SMILES string of the molecule is Cc1ccc(S(=O)(=O)/N=C2\C=C(NS(=O)(=O)c3ccccc3)C(=O)c3ccccc32)c(C)c1. The van der Waals surface area contributed by atoms with Crippen LogP contribution in [0.4, 0.5) is 0 Å². The Hall–Kier alpha value is -3.56. The fraction of sp³-hybridized carbons (Fsp3) is 0.0833. The van der Waals surface area contributed by atoms with Gasteiger partial charge in [-0.3, -0.25) is 9.52 Å². The van der Waals surface area contributed by atoms with Crippen LogP contribution in [0.15, 0.2) is 98.8 Å². The van der Waals surface area contributed by atoms with E-state index in [1.54, 1.807) is 55.5 Å².